The molecule has 0 aromatic heterocycles. The molecule has 1 fully saturated rings. The normalized spacial score (nSPS) is 17.4. The van der Waals surface area contributed by atoms with Crippen LogP contribution in [0.3, 0.4) is 0 Å². The third-order valence-electron chi connectivity index (χ3n) is 4.02. The molecule has 132 valence electrons. The highest BCUT2D eigenvalue weighted by molar-refractivity contribution is 6.42. The number of ether oxygens (including phenoxy) is 2. The van der Waals surface area contributed by atoms with Crippen molar-refractivity contribution in [1.29, 1.82) is 0 Å². The van der Waals surface area contributed by atoms with Gasteiger partial charge in [0.2, 0.25) is 0 Å². The first-order chi connectivity index (χ1) is 12.0. The first-order valence-electron chi connectivity index (χ1n) is 8.08. The van der Waals surface area contributed by atoms with Gasteiger partial charge in [0.05, 0.1) is 23.2 Å². The predicted molar refractivity (Wildman–Crippen MR) is 98.8 cm³/mol. The maximum absolute atomic E-state index is 12.7. The van der Waals surface area contributed by atoms with Gasteiger partial charge in [0, 0.05) is 12.1 Å². The van der Waals surface area contributed by atoms with Crippen molar-refractivity contribution in [2.75, 3.05) is 26.3 Å². The average molecular weight is 380 g/mol. The Labute approximate surface area is 157 Å². The molecule has 1 aliphatic rings. The highest BCUT2D eigenvalue weighted by Crippen LogP contribution is 2.24. The summed E-state index contributed by atoms with van der Waals surface area (Å²) in [4.78, 5) is 14.4. The van der Waals surface area contributed by atoms with E-state index in [0.29, 0.717) is 41.9 Å². The molecule has 1 atom stereocenters. The van der Waals surface area contributed by atoms with Crippen molar-refractivity contribution in [3.63, 3.8) is 0 Å². The highest BCUT2D eigenvalue weighted by Gasteiger charge is 2.26. The Morgan fingerprint density at radius 3 is 2.84 bits per heavy atom. The number of halogens is 2. The van der Waals surface area contributed by atoms with Gasteiger partial charge in [0.25, 0.3) is 5.91 Å². The zero-order valence-corrected chi connectivity index (χ0v) is 15.4. The number of amides is 1. The summed E-state index contributed by atoms with van der Waals surface area (Å²) in [5.41, 5.74) is 1.66. The molecular formula is C19H19Cl2NO3. The summed E-state index contributed by atoms with van der Waals surface area (Å²) in [5, 5.41) is 0.810. The molecule has 3 rings (SSSR count). The number of nitrogens with zero attached hydrogens (tertiary/aromatic N) is 1. The fraction of sp³-hybridized carbons (Fsp3) is 0.316. The molecule has 1 heterocycles. The second-order valence-corrected chi connectivity index (χ2v) is 6.81. The van der Waals surface area contributed by atoms with Crippen LogP contribution in [0.15, 0.2) is 42.5 Å². The van der Waals surface area contributed by atoms with Gasteiger partial charge in [-0.15, -0.1) is 0 Å². The summed E-state index contributed by atoms with van der Waals surface area (Å²) in [6.07, 6.45) is -0.166. The van der Waals surface area contributed by atoms with Gasteiger partial charge in [0.1, 0.15) is 18.5 Å². The van der Waals surface area contributed by atoms with Crippen molar-refractivity contribution in [2.45, 2.75) is 13.0 Å². The molecule has 1 saturated heterocycles. The van der Waals surface area contributed by atoms with Crippen molar-refractivity contribution < 1.29 is 14.3 Å². The predicted octanol–water partition coefficient (Wildman–Crippen LogP) is 4.22. The minimum Gasteiger partial charge on any atom is -0.491 e. The Morgan fingerprint density at radius 1 is 1.24 bits per heavy atom. The van der Waals surface area contributed by atoms with Crippen molar-refractivity contribution in [3.8, 4) is 5.75 Å². The molecule has 2 aromatic rings. The summed E-state index contributed by atoms with van der Waals surface area (Å²) in [5.74, 6) is 0.721. The molecule has 4 nitrogen and oxygen atoms in total. The van der Waals surface area contributed by atoms with Crippen LogP contribution in [-0.2, 0) is 4.74 Å². The second-order valence-electron chi connectivity index (χ2n) is 6.00. The Morgan fingerprint density at radius 2 is 2.08 bits per heavy atom. The molecule has 2 aromatic carbocycles. The monoisotopic (exact) mass is 379 g/mol. The quantitative estimate of drug-likeness (QED) is 0.797. The van der Waals surface area contributed by atoms with Gasteiger partial charge in [-0.05, 0) is 42.8 Å². The number of hydrogen-bond acceptors (Lipinski definition) is 3. The minimum absolute atomic E-state index is 0.0811. The maximum atomic E-state index is 12.7. The molecule has 0 aliphatic carbocycles. The first kappa shape index (κ1) is 18.1. The molecule has 1 aliphatic heterocycles. The molecule has 0 N–H and O–H groups in total. The van der Waals surface area contributed by atoms with E-state index >= 15 is 0 Å². The van der Waals surface area contributed by atoms with Crippen LogP contribution in [0.5, 0.6) is 5.75 Å². The van der Waals surface area contributed by atoms with E-state index in [1.165, 1.54) is 0 Å². The van der Waals surface area contributed by atoms with Crippen LogP contribution in [0.25, 0.3) is 0 Å². The molecule has 0 radical (unpaired) electrons. The van der Waals surface area contributed by atoms with Crippen LogP contribution in [0.2, 0.25) is 10.0 Å². The lowest BCUT2D eigenvalue weighted by Crippen LogP contribution is -2.47. The first-order valence-corrected chi connectivity index (χ1v) is 8.84. The standard InChI is InChI=1S/C19H19Cl2NO3/c1-13-3-2-4-15(9-13)25-12-16-11-22(7-8-24-16)19(23)14-5-6-17(20)18(21)10-14/h2-6,9-10,16H,7-8,11-12H2,1H3. The Kier molecular flexibility index (Phi) is 5.84. The molecule has 0 bridgehead atoms. The smallest absolute Gasteiger partial charge is 0.254 e. The Balaban J connectivity index is 1.60. The minimum atomic E-state index is -0.166. The average Bonchev–Trinajstić information content (AvgIpc) is 2.62. The maximum Gasteiger partial charge on any atom is 0.254 e. The van der Waals surface area contributed by atoms with E-state index in [-0.39, 0.29) is 12.0 Å². The van der Waals surface area contributed by atoms with Gasteiger partial charge < -0.3 is 14.4 Å². The molecule has 0 spiro atoms. The van der Waals surface area contributed by atoms with Gasteiger partial charge in [-0.2, -0.15) is 0 Å². The lowest BCUT2D eigenvalue weighted by Gasteiger charge is -2.33. The van der Waals surface area contributed by atoms with Crippen LogP contribution in [0, 0.1) is 6.92 Å². The highest BCUT2D eigenvalue weighted by atomic mass is 35.5. The van der Waals surface area contributed by atoms with E-state index in [1.807, 2.05) is 31.2 Å². The molecule has 1 amide bonds. The van der Waals surface area contributed by atoms with Crippen molar-refractivity contribution in [3.05, 3.63) is 63.6 Å². The number of rotatable bonds is 4. The number of carbonyl (C=O) groups excluding carboxylic acids is 1. The summed E-state index contributed by atoms with van der Waals surface area (Å²) >= 11 is 11.9. The van der Waals surface area contributed by atoms with E-state index in [2.05, 4.69) is 0 Å². The lowest BCUT2D eigenvalue weighted by atomic mass is 10.1. The van der Waals surface area contributed by atoms with Crippen LogP contribution >= 0.6 is 23.2 Å². The topological polar surface area (TPSA) is 38.8 Å². The molecule has 0 saturated carbocycles. The summed E-state index contributed by atoms with van der Waals surface area (Å²) in [7, 11) is 0. The van der Waals surface area contributed by atoms with E-state index < -0.39 is 0 Å². The number of carbonyl (C=O) groups is 1. The summed E-state index contributed by atoms with van der Waals surface area (Å²) in [6.45, 7) is 3.91. The number of morpholine rings is 1. The lowest BCUT2D eigenvalue weighted by molar-refractivity contribution is -0.0401. The number of aryl methyl sites for hydroxylation is 1. The zero-order chi connectivity index (χ0) is 17.8. The van der Waals surface area contributed by atoms with E-state index in [9.17, 15) is 4.79 Å². The van der Waals surface area contributed by atoms with Crippen molar-refractivity contribution in [1.82, 2.24) is 4.90 Å². The number of hydrogen-bond donors (Lipinski definition) is 0. The van der Waals surface area contributed by atoms with Gasteiger partial charge in [-0.3, -0.25) is 4.79 Å². The van der Waals surface area contributed by atoms with Gasteiger partial charge in [-0.25, -0.2) is 0 Å². The molecular weight excluding hydrogens is 361 g/mol. The third kappa shape index (κ3) is 4.66. The van der Waals surface area contributed by atoms with Crippen molar-refractivity contribution in [2.24, 2.45) is 0 Å². The molecule has 6 heteroatoms. The Bertz CT molecular complexity index is 766. The summed E-state index contributed by atoms with van der Waals surface area (Å²) in [6, 6.07) is 12.8. The largest absolute Gasteiger partial charge is 0.491 e. The van der Waals surface area contributed by atoms with Crippen LogP contribution in [-0.4, -0.2) is 43.2 Å². The van der Waals surface area contributed by atoms with Gasteiger partial charge in [-0.1, -0.05) is 35.3 Å². The van der Waals surface area contributed by atoms with E-state index in [1.54, 1.807) is 23.1 Å². The molecule has 1 unspecified atom stereocenters. The fourth-order valence-corrected chi connectivity index (χ4v) is 3.01. The third-order valence-corrected chi connectivity index (χ3v) is 4.76. The van der Waals surface area contributed by atoms with Crippen molar-refractivity contribution >= 4 is 29.1 Å². The van der Waals surface area contributed by atoms with Crippen LogP contribution in [0.4, 0.5) is 0 Å². The molecule has 25 heavy (non-hydrogen) atoms. The van der Waals surface area contributed by atoms with Crippen LogP contribution in [0.1, 0.15) is 15.9 Å². The van der Waals surface area contributed by atoms with E-state index in [4.69, 9.17) is 32.7 Å². The second kappa shape index (κ2) is 8.09. The number of benzene rings is 2. The Hall–Kier alpha value is -1.75. The fourth-order valence-electron chi connectivity index (χ4n) is 2.71. The van der Waals surface area contributed by atoms with Gasteiger partial charge >= 0.3 is 0 Å². The zero-order valence-electron chi connectivity index (χ0n) is 13.9. The van der Waals surface area contributed by atoms with Gasteiger partial charge in [0.15, 0.2) is 0 Å². The van der Waals surface area contributed by atoms with E-state index in [0.717, 1.165) is 11.3 Å². The summed E-state index contributed by atoms with van der Waals surface area (Å²) < 4.78 is 11.5. The van der Waals surface area contributed by atoms with Crippen LogP contribution < -0.4 is 4.74 Å². The SMILES string of the molecule is Cc1cccc(OCC2CN(C(=O)c3ccc(Cl)c(Cl)c3)CCO2)c1.